The molecule has 0 saturated heterocycles. The van der Waals surface area contributed by atoms with E-state index in [0.717, 1.165) is 5.56 Å². The second-order valence-electron chi connectivity index (χ2n) is 2.32. The minimum atomic E-state index is -0.435. The first-order valence-corrected chi connectivity index (χ1v) is 3.95. The fraction of sp³-hybridized carbons (Fsp3) is 0.111. The third-order valence-corrected chi connectivity index (χ3v) is 1.60. The van der Waals surface area contributed by atoms with Gasteiger partial charge in [0.25, 0.3) is 5.91 Å². The van der Waals surface area contributed by atoms with Crippen LogP contribution in [0.1, 0.15) is 5.56 Å². The van der Waals surface area contributed by atoms with Crippen molar-refractivity contribution >= 4 is 17.5 Å². The lowest BCUT2D eigenvalue weighted by atomic mass is 10.3. The van der Waals surface area contributed by atoms with Crippen molar-refractivity contribution in [2.75, 3.05) is 0 Å². The topological polar surface area (TPSA) is 42.0 Å². The molecule has 0 aliphatic rings. The van der Waals surface area contributed by atoms with E-state index in [-0.39, 0.29) is 0 Å². The molecule has 0 bridgehead atoms. The molecule has 0 aromatic carbocycles. The predicted molar refractivity (Wildman–Crippen MR) is 49.9 cm³/mol. The van der Waals surface area contributed by atoms with Crippen molar-refractivity contribution in [1.29, 1.82) is 0 Å². The summed E-state index contributed by atoms with van der Waals surface area (Å²) in [6, 6.07) is 3.42. The molecule has 1 aromatic rings. The van der Waals surface area contributed by atoms with E-state index in [4.69, 9.17) is 18.0 Å². The number of amides is 1. The molecule has 1 rings (SSSR count). The van der Waals surface area contributed by atoms with Crippen molar-refractivity contribution < 1.29 is 4.79 Å². The van der Waals surface area contributed by atoms with Gasteiger partial charge in [-0.25, -0.2) is 4.98 Å². The summed E-state index contributed by atoms with van der Waals surface area (Å²) in [4.78, 5) is 14.5. The molecule has 1 aromatic heterocycles. The number of pyridine rings is 1. The van der Waals surface area contributed by atoms with Crippen LogP contribution in [0, 0.1) is 12.3 Å². The summed E-state index contributed by atoms with van der Waals surface area (Å²) in [7, 11) is 0. The summed E-state index contributed by atoms with van der Waals surface area (Å²) >= 11 is 5.57. The molecule has 0 aliphatic carbocycles. The van der Waals surface area contributed by atoms with Gasteiger partial charge in [0.05, 0.1) is 0 Å². The van der Waals surface area contributed by atoms with E-state index < -0.39 is 5.91 Å². The predicted octanol–water partition coefficient (Wildman–Crippen LogP) is 0.984. The third-order valence-electron chi connectivity index (χ3n) is 1.37. The molecule has 66 valence electrons. The number of halogens is 1. The van der Waals surface area contributed by atoms with Crippen LogP contribution in [0.2, 0.25) is 5.15 Å². The normalized spacial score (nSPS) is 8.92. The van der Waals surface area contributed by atoms with Crippen molar-refractivity contribution in [3.05, 3.63) is 29.0 Å². The minimum absolute atomic E-state index is 0.368. The van der Waals surface area contributed by atoms with Gasteiger partial charge in [0.1, 0.15) is 5.15 Å². The Morgan fingerprint density at radius 2 is 2.46 bits per heavy atom. The van der Waals surface area contributed by atoms with Gasteiger partial charge in [0, 0.05) is 12.7 Å². The highest BCUT2D eigenvalue weighted by atomic mass is 35.5. The fourth-order valence-corrected chi connectivity index (χ4v) is 0.856. The molecule has 13 heavy (non-hydrogen) atoms. The molecule has 4 heteroatoms. The van der Waals surface area contributed by atoms with Gasteiger partial charge in [0.2, 0.25) is 0 Å². The first-order chi connectivity index (χ1) is 6.22. The quantitative estimate of drug-likeness (QED) is 0.564. The molecular weight excluding hydrogens is 188 g/mol. The molecule has 3 nitrogen and oxygen atoms in total. The number of carbonyl (C=O) groups is 1. The highest BCUT2D eigenvalue weighted by Crippen LogP contribution is 2.04. The van der Waals surface area contributed by atoms with Crippen molar-refractivity contribution in [3.63, 3.8) is 0 Å². The number of terminal acetylenes is 1. The minimum Gasteiger partial charge on any atom is -0.341 e. The van der Waals surface area contributed by atoms with Crippen LogP contribution < -0.4 is 5.32 Å². The number of carbonyl (C=O) groups excluding carboxylic acids is 1. The number of aromatic nitrogens is 1. The standard InChI is InChI=1S/C9H7ClN2O/c1-2-9(13)12-6-7-3-4-8(10)11-5-7/h1,3-5H,6H2,(H,12,13). The van der Waals surface area contributed by atoms with E-state index >= 15 is 0 Å². The SMILES string of the molecule is C#CC(=O)NCc1ccc(Cl)nc1. The van der Waals surface area contributed by atoms with Gasteiger partial charge in [0.15, 0.2) is 0 Å². The molecule has 1 N–H and O–H groups in total. The molecule has 0 fully saturated rings. The van der Waals surface area contributed by atoms with Crippen LogP contribution in [0.25, 0.3) is 0 Å². The Morgan fingerprint density at radius 1 is 1.69 bits per heavy atom. The number of rotatable bonds is 2. The van der Waals surface area contributed by atoms with Crippen LogP contribution in [0.5, 0.6) is 0 Å². The first kappa shape index (κ1) is 9.56. The zero-order chi connectivity index (χ0) is 9.68. The Kier molecular flexibility index (Phi) is 3.30. The van der Waals surface area contributed by atoms with E-state index in [1.165, 1.54) is 0 Å². The summed E-state index contributed by atoms with van der Waals surface area (Å²) in [5.74, 6) is 1.51. The van der Waals surface area contributed by atoms with Crippen LogP contribution >= 0.6 is 11.6 Å². The average Bonchev–Trinajstić information content (AvgIpc) is 2.16. The van der Waals surface area contributed by atoms with Gasteiger partial charge in [-0.1, -0.05) is 17.7 Å². The largest absolute Gasteiger partial charge is 0.341 e. The zero-order valence-corrected chi connectivity index (χ0v) is 7.51. The summed E-state index contributed by atoms with van der Waals surface area (Å²) < 4.78 is 0. The maximum absolute atomic E-state index is 10.7. The molecule has 0 saturated carbocycles. The number of hydrogen-bond acceptors (Lipinski definition) is 2. The van der Waals surface area contributed by atoms with Crippen LogP contribution in [-0.2, 0) is 11.3 Å². The molecular formula is C9H7ClN2O. The van der Waals surface area contributed by atoms with Crippen molar-refractivity contribution in [1.82, 2.24) is 10.3 Å². The molecule has 0 unspecified atom stereocenters. The molecule has 0 aliphatic heterocycles. The second kappa shape index (κ2) is 4.48. The third kappa shape index (κ3) is 3.14. The summed E-state index contributed by atoms with van der Waals surface area (Å²) in [6.45, 7) is 0.368. The highest BCUT2D eigenvalue weighted by molar-refractivity contribution is 6.29. The Balaban J connectivity index is 2.52. The smallest absolute Gasteiger partial charge is 0.295 e. The monoisotopic (exact) mass is 194 g/mol. The van der Waals surface area contributed by atoms with E-state index in [9.17, 15) is 4.79 Å². The van der Waals surface area contributed by atoms with Gasteiger partial charge in [-0.2, -0.15) is 0 Å². The Bertz CT molecular complexity index is 340. The molecule has 1 amide bonds. The lowest BCUT2D eigenvalue weighted by Gasteiger charge is -2.00. The van der Waals surface area contributed by atoms with Crippen molar-refractivity contribution in [2.24, 2.45) is 0 Å². The number of nitrogens with one attached hydrogen (secondary N) is 1. The van der Waals surface area contributed by atoms with E-state index in [2.05, 4.69) is 10.3 Å². The van der Waals surface area contributed by atoms with Gasteiger partial charge < -0.3 is 5.32 Å². The van der Waals surface area contributed by atoms with E-state index in [1.807, 2.05) is 5.92 Å². The lowest BCUT2D eigenvalue weighted by molar-refractivity contribution is -0.115. The van der Waals surface area contributed by atoms with Gasteiger partial charge in [-0.15, -0.1) is 6.42 Å². The molecule has 0 radical (unpaired) electrons. The number of hydrogen-bond donors (Lipinski definition) is 1. The average molecular weight is 195 g/mol. The Morgan fingerprint density at radius 3 is 3.00 bits per heavy atom. The van der Waals surface area contributed by atoms with Crippen molar-refractivity contribution in [3.8, 4) is 12.3 Å². The maximum Gasteiger partial charge on any atom is 0.295 e. The molecule has 1 heterocycles. The second-order valence-corrected chi connectivity index (χ2v) is 2.70. The van der Waals surface area contributed by atoms with Crippen LogP contribution in [0.15, 0.2) is 18.3 Å². The Labute approximate surface area is 81.1 Å². The van der Waals surface area contributed by atoms with Crippen LogP contribution in [0.3, 0.4) is 0 Å². The van der Waals surface area contributed by atoms with Crippen LogP contribution in [0.4, 0.5) is 0 Å². The van der Waals surface area contributed by atoms with Gasteiger partial charge in [-0.3, -0.25) is 4.79 Å². The Hall–Kier alpha value is -1.53. The highest BCUT2D eigenvalue weighted by Gasteiger charge is 1.96. The summed E-state index contributed by atoms with van der Waals surface area (Å²) in [5, 5.41) is 2.93. The molecule has 0 spiro atoms. The summed E-state index contributed by atoms with van der Waals surface area (Å²) in [5.41, 5.74) is 0.855. The lowest BCUT2D eigenvalue weighted by Crippen LogP contribution is -2.20. The first-order valence-electron chi connectivity index (χ1n) is 3.57. The van der Waals surface area contributed by atoms with Gasteiger partial charge in [-0.05, 0) is 17.6 Å². The zero-order valence-electron chi connectivity index (χ0n) is 6.75. The van der Waals surface area contributed by atoms with Gasteiger partial charge >= 0.3 is 0 Å². The summed E-state index contributed by atoms with van der Waals surface area (Å²) in [6.07, 6.45) is 6.44. The van der Waals surface area contributed by atoms with Crippen LogP contribution in [-0.4, -0.2) is 10.9 Å². The number of nitrogens with zero attached hydrogens (tertiary/aromatic N) is 1. The van der Waals surface area contributed by atoms with Crippen molar-refractivity contribution in [2.45, 2.75) is 6.54 Å². The van der Waals surface area contributed by atoms with E-state index in [0.29, 0.717) is 11.7 Å². The molecule has 0 atom stereocenters. The van der Waals surface area contributed by atoms with E-state index in [1.54, 1.807) is 18.3 Å². The fourth-order valence-electron chi connectivity index (χ4n) is 0.744. The maximum atomic E-state index is 10.7.